The molecule has 86 valence electrons. The molecule has 0 aliphatic rings. The van der Waals surface area contributed by atoms with Crippen molar-refractivity contribution in [1.29, 1.82) is 0 Å². The lowest BCUT2D eigenvalue weighted by Crippen LogP contribution is -2.10. The van der Waals surface area contributed by atoms with Crippen LogP contribution < -0.4 is 4.74 Å². The van der Waals surface area contributed by atoms with Crippen LogP contribution in [0.1, 0.15) is 31.4 Å². The van der Waals surface area contributed by atoms with Gasteiger partial charge in [-0.1, -0.05) is 18.8 Å². The second-order valence-corrected chi connectivity index (χ2v) is 4.02. The highest BCUT2D eigenvalue weighted by molar-refractivity contribution is 6.19. The van der Waals surface area contributed by atoms with Gasteiger partial charge in [-0.15, -0.1) is 11.6 Å². The van der Waals surface area contributed by atoms with E-state index < -0.39 is 0 Å². The third kappa shape index (κ3) is 3.79. The molecule has 0 spiro atoms. The van der Waals surface area contributed by atoms with Crippen molar-refractivity contribution in [3.63, 3.8) is 0 Å². The Morgan fingerprint density at radius 3 is 2.75 bits per heavy atom. The predicted molar refractivity (Wildman–Crippen MR) is 69.2 cm³/mol. The quantitative estimate of drug-likeness (QED) is 0.574. The molecule has 0 saturated carbocycles. The van der Waals surface area contributed by atoms with Crippen molar-refractivity contribution in [3.05, 3.63) is 29.3 Å². The Morgan fingerprint density at radius 2 is 2.19 bits per heavy atom. The van der Waals surface area contributed by atoms with Gasteiger partial charge >= 0.3 is 0 Å². The number of rotatable bonds is 3. The molecule has 0 aromatic heterocycles. The Morgan fingerprint density at radius 1 is 1.44 bits per heavy atom. The first-order valence-electron chi connectivity index (χ1n) is 5.49. The third-order valence-corrected chi connectivity index (χ3v) is 2.51. The molecule has 16 heavy (non-hydrogen) atoms. The SMILES string of the molecule is CCC(C)Oc1ccc(C#CCCl)cc1C. The summed E-state index contributed by atoms with van der Waals surface area (Å²) >= 11 is 5.51. The van der Waals surface area contributed by atoms with Crippen molar-refractivity contribution in [2.75, 3.05) is 5.88 Å². The Bertz CT molecular complexity index is 401. The van der Waals surface area contributed by atoms with E-state index in [0.29, 0.717) is 5.88 Å². The minimum Gasteiger partial charge on any atom is -0.490 e. The van der Waals surface area contributed by atoms with Gasteiger partial charge < -0.3 is 4.74 Å². The van der Waals surface area contributed by atoms with Crippen LogP contribution in [0.25, 0.3) is 0 Å². The van der Waals surface area contributed by atoms with Crippen molar-refractivity contribution in [2.24, 2.45) is 0 Å². The maximum absolute atomic E-state index is 5.78. The highest BCUT2D eigenvalue weighted by atomic mass is 35.5. The lowest BCUT2D eigenvalue weighted by atomic mass is 10.1. The van der Waals surface area contributed by atoms with Crippen LogP contribution in [0.5, 0.6) is 5.75 Å². The third-order valence-electron chi connectivity index (χ3n) is 2.38. The number of aryl methyl sites for hydroxylation is 1. The largest absolute Gasteiger partial charge is 0.490 e. The Balaban J connectivity index is 2.83. The predicted octanol–water partition coefficient (Wildman–Crippen LogP) is 3.76. The van der Waals surface area contributed by atoms with E-state index in [2.05, 4.69) is 25.7 Å². The molecule has 2 heteroatoms. The molecule has 1 rings (SSSR count). The fourth-order valence-corrected chi connectivity index (χ4v) is 1.36. The van der Waals surface area contributed by atoms with Crippen LogP contribution >= 0.6 is 11.6 Å². The zero-order chi connectivity index (χ0) is 12.0. The van der Waals surface area contributed by atoms with Gasteiger partial charge in [0.25, 0.3) is 0 Å². The minimum atomic E-state index is 0.249. The van der Waals surface area contributed by atoms with E-state index >= 15 is 0 Å². The molecule has 0 aliphatic carbocycles. The highest BCUT2D eigenvalue weighted by Gasteiger charge is 2.04. The average molecular weight is 237 g/mol. The topological polar surface area (TPSA) is 9.23 Å². The molecule has 0 saturated heterocycles. The molecule has 0 fully saturated rings. The molecule has 1 atom stereocenters. The molecule has 0 N–H and O–H groups in total. The summed E-state index contributed by atoms with van der Waals surface area (Å²) < 4.78 is 5.78. The molecular weight excluding hydrogens is 220 g/mol. The maximum atomic E-state index is 5.78. The van der Waals surface area contributed by atoms with Gasteiger partial charge in [0.15, 0.2) is 0 Å². The average Bonchev–Trinajstić information content (AvgIpc) is 2.29. The summed E-state index contributed by atoms with van der Waals surface area (Å²) in [6.07, 6.45) is 1.26. The van der Waals surface area contributed by atoms with Gasteiger partial charge in [-0.2, -0.15) is 0 Å². The normalized spacial score (nSPS) is 11.5. The summed E-state index contributed by atoms with van der Waals surface area (Å²) in [5, 5.41) is 0. The van der Waals surface area contributed by atoms with Crippen molar-refractivity contribution in [3.8, 4) is 17.6 Å². The van der Waals surface area contributed by atoms with Crippen LogP contribution in [0.3, 0.4) is 0 Å². The molecule has 0 amide bonds. The van der Waals surface area contributed by atoms with Crippen molar-refractivity contribution < 1.29 is 4.74 Å². The van der Waals surface area contributed by atoms with Crippen molar-refractivity contribution >= 4 is 11.6 Å². The molecule has 0 heterocycles. The summed E-state index contributed by atoms with van der Waals surface area (Å²) in [7, 11) is 0. The van der Waals surface area contributed by atoms with Crippen LogP contribution in [-0.4, -0.2) is 12.0 Å². The molecule has 0 aliphatic heterocycles. The summed E-state index contributed by atoms with van der Waals surface area (Å²) in [6.45, 7) is 6.21. The second-order valence-electron chi connectivity index (χ2n) is 3.75. The van der Waals surface area contributed by atoms with E-state index in [1.165, 1.54) is 0 Å². The van der Waals surface area contributed by atoms with Gasteiger partial charge in [0.05, 0.1) is 12.0 Å². The van der Waals surface area contributed by atoms with Gasteiger partial charge in [0, 0.05) is 5.56 Å². The van der Waals surface area contributed by atoms with E-state index in [-0.39, 0.29) is 6.10 Å². The molecule has 1 aromatic carbocycles. The van der Waals surface area contributed by atoms with E-state index in [1.54, 1.807) is 0 Å². The number of halogens is 1. The fourth-order valence-electron chi connectivity index (χ4n) is 1.29. The lowest BCUT2D eigenvalue weighted by Gasteiger charge is -2.14. The Labute approximate surface area is 103 Å². The molecule has 0 radical (unpaired) electrons. The van der Waals surface area contributed by atoms with Crippen LogP contribution in [0.2, 0.25) is 0 Å². The van der Waals surface area contributed by atoms with Gasteiger partial charge in [-0.3, -0.25) is 0 Å². The van der Waals surface area contributed by atoms with E-state index in [9.17, 15) is 0 Å². The number of alkyl halides is 1. The lowest BCUT2D eigenvalue weighted by molar-refractivity contribution is 0.216. The highest BCUT2D eigenvalue weighted by Crippen LogP contribution is 2.20. The number of benzene rings is 1. The number of hydrogen-bond acceptors (Lipinski definition) is 1. The monoisotopic (exact) mass is 236 g/mol. The summed E-state index contributed by atoms with van der Waals surface area (Å²) in [5.41, 5.74) is 2.09. The molecule has 1 unspecified atom stereocenters. The van der Waals surface area contributed by atoms with Crippen molar-refractivity contribution in [2.45, 2.75) is 33.3 Å². The molecule has 0 bridgehead atoms. The first-order chi connectivity index (χ1) is 7.67. The zero-order valence-electron chi connectivity index (χ0n) is 10.0. The smallest absolute Gasteiger partial charge is 0.122 e. The van der Waals surface area contributed by atoms with Crippen molar-refractivity contribution in [1.82, 2.24) is 0 Å². The van der Waals surface area contributed by atoms with E-state index in [0.717, 1.165) is 23.3 Å². The van der Waals surface area contributed by atoms with Gasteiger partial charge in [-0.05, 0) is 44.0 Å². The van der Waals surface area contributed by atoms with E-state index in [4.69, 9.17) is 16.3 Å². The molecule has 1 aromatic rings. The summed E-state index contributed by atoms with van der Waals surface area (Å²) in [5.74, 6) is 7.13. The molecule has 1 nitrogen and oxygen atoms in total. The minimum absolute atomic E-state index is 0.249. The standard InChI is InChI=1S/C14H17ClO/c1-4-12(3)16-14-8-7-13(6-5-9-15)10-11(14)2/h7-8,10,12H,4,9H2,1-3H3. The summed E-state index contributed by atoms with van der Waals surface area (Å²) in [6, 6.07) is 5.96. The maximum Gasteiger partial charge on any atom is 0.122 e. The van der Waals surface area contributed by atoms with Gasteiger partial charge in [0.2, 0.25) is 0 Å². The fraction of sp³-hybridized carbons (Fsp3) is 0.429. The zero-order valence-corrected chi connectivity index (χ0v) is 10.8. The van der Waals surface area contributed by atoms with E-state index in [1.807, 2.05) is 25.1 Å². The first kappa shape index (κ1) is 12.9. The van der Waals surface area contributed by atoms with Crippen LogP contribution in [0.4, 0.5) is 0 Å². The number of hydrogen-bond donors (Lipinski definition) is 0. The van der Waals surface area contributed by atoms with Crippen LogP contribution in [0.15, 0.2) is 18.2 Å². The van der Waals surface area contributed by atoms with Crippen LogP contribution in [-0.2, 0) is 0 Å². The first-order valence-corrected chi connectivity index (χ1v) is 6.03. The second kappa shape index (κ2) is 6.45. The van der Waals surface area contributed by atoms with Crippen LogP contribution in [0, 0.1) is 18.8 Å². The Hall–Kier alpha value is -1.13. The Kier molecular flexibility index (Phi) is 5.22. The van der Waals surface area contributed by atoms with Gasteiger partial charge in [0.1, 0.15) is 5.75 Å². The molecular formula is C14H17ClO. The van der Waals surface area contributed by atoms with Gasteiger partial charge in [-0.25, -0.2) is 0 Å². The number of ether oxygens (including phenoxy) is 1. The summed E-state index contributed by atoms with van der Waals surface area (Å²) in [4.78, 5) is 0.